The minimum absolute atomic E-state index is 0.00496. The molecule has 2 heterocycles. The largest absolute Gasteiger partial charge is 0.480 e. The van der Waals surface area contributed by atoms with E-state index in [1.165, 1.54) is 24.1 Å². The lowest BCUT2D eigenvalue weighted by Crippen LogP contribution is -2.27. The molecule has 0 atom stereocenters. The number of anilines is 1. The zero-order valence-electron chi connectivity index (χ0n) is 16.3. The molecule has 0 aliphatic carbocycles. The van der Waals surface area contributed by atoms with Crippen molar-refractivity contribution < 1.29 is 19.5 Å². The van der Waals surface area contributed by atoms with Gasteiger partial charge in [-0.3, -0.25) is 9.59 Å². The third-order valence-electron chi connectivity index (χ3n) is 4.04. The van der Waals surface area contributed by atoms with Gasteiger partial charge in [-0.25, -0.2) is 9.67 Å². The summed E-state index contributed by atoms with van der Waals surface area (Å²) in [6.45, 7) is -0.00496. The maximum atomic E-state index is 13.2. The molecule has 3 N–H and O–H groups in total. The van der Waals surface area contributed by atoms with Crippen LogP contribution in [0.1, 0.15) is 20.8 Å². The molecule has 2 aromatic heterocycles. The second-order valence-electron chi connectivity index (χ2n) is 6.06. The minimum atomic E-state index is -0.587. The van der Waals surface area contributed by atoms with Crippen LogP contribution in [0.3, 0.4) is 0 Å². The Labute approximate surface area is 203 Å². The molecule has 0 aliphatic rings. The number of hydrogen-bond donors (Lipinski definition) is 3. The van der Waals surface area contributed by atoms with Gasteiger partial charge in [-0.2, -0.15) is 0 Å². The van der Waals surface area contributed by atoms with Crippen molar-refractivity contribution in [2.24, 2.45) is 5.16 Å². The van der Waals surface area contributed by atoms with E-state index in [1.54, 1.807) is 24.3 Å². The van der Waals surface area contributed by atoms with Crippen molar-refractivity contribution in [1.29, 1.82) is 0 Å². The highest BCUT2D eigenvalue weighted by molar-refractivity contribution is 9.11. The summed E-state index contributed by atoms with van der Waals surface area (Å²) in [5.74, 6) is -0.677. The molecule has 0 saturated heterocycles. The number of ether oxygens (including phenoxy) is 1. The molecule has 0 radical (unpaired) electrons. The zero-order chi connectivity index (χ0) is 23.3. The Morgan fingerprint density at radius 1 is 1.31 bits per heavy atom. The number of hydrogen-bond acceptors (Lipinski definition) is 7. The Morgan fingerprint density at radius 3 is 2.78 bits per heavy atom. The molecule has 1 aromatic carbocycles. The average molecular weight is 587 g/mol. The van der Waals surface area contributed by atoms with Gasteiger partial charge in [-0.05, 0) is 40.2 Å². The number of methoxy groups -OCH3 is 1. The van der Waals surface area contributed by atoms with Crippen molar-refractivity contribution in [3.05, 3.63) is 61.8 Å². The zero-order valence-corrected chi connectivity index (χ0v) is 20.3. The van der Waals surface area contributed by atoms with Crippen LogP contribution in [0.5, 0.6) is 5.88 Å². The molecule has 0 bridgehead atoms. The van der Waals surface area contributed by atoms with Crippen molar-refractivity contribution >= 4 is 67.2 Å². The molecule has 0 fully saturated rings. The van der Waals surface area contributed by atoms with Gasteiger partial charge in [-0.1, -0.05) is 27.5 Å². The van der Waals surface area contributed by atoms with E-state index in [4.69, 9.17) is 21.5 Å². The van der Waals surface area contributed by atoms with Crippen LogP contribution in [-0.4, -0.2) is 51.7 Å². The Kier molecular flexibility index (Phi) is 7.83. The summed E-state index contributed by atoms with van der Waals surface area (Å²) in [5, 5.41) is 21.1. The van der Waals surface area contributed by atoms with Gasteiger partial charge in [0.2, 0.25) is 5.88 Å². The Hall–Kier alpha value is -2.96. The van der Waals surface area contributed by atoms with E-state index in [0.717, 1.165) is 6.21 Å². The normalized spacial score (nSPS) is 10.9. The highest BCUT2D eigenvalue weighted by atomic mass is 79.9. The van der Waals surface area contributed by atoms with Gasteiger partial charge >= 0.3 is 0 Å². The summed E-state index contributed by atoms with van der Waals surface area (Å²) < 4.78 is 7.47. The molecule has 0 aliphatic heterocycles. The molecular formula is C19H15Br2ClN6O4. The van der Waals surface area contributed by atoms with Gasteiger partial charge in [-0.15, -0.1) is 10.3 Å². The second kappa shape index (κ2) is 10.6. The molecule has 0 spiro atoms. The number of amides is 2. The number of oxime groups is 1. The summed E-state index contributed by atoms with van der Waals surface area (Å²) in [6, 6.07) is 7.90. The summed E-state index contributed by atoms with van der Waals surface area (Å²) in [5.41, 5.74) is 0.464. The van der Waals surface area contributed by atoms with Crippen LogP contribution < -0.4 is 15.4 Å². The summed E-state index contributed by atoms with van der Waals surface area (Å²) in [6.07, 6.45) is 2.63. The van der Waals surface area contributed by atoms with Gasteiger partial charge in [0.15, 0.2) is 5.82 Å². The first kappa shape index (κ1) is 23.7. The number of carbonyl (C=O) groups is 2. The quantitative estimate of drug-likeness (QED) is 0.219. The molecule has 0 unspecified atom stereocenters. The fraction of sp³-hybridized carbons (Fsp3) is 0.105. The lowest BCUT2D eigenvalue weighted by molar-refractivity contribution is 0.0960. The van der Waals surface area contributed by atoms with E-state index in [1.807, 2.05) is 0 Å². The van der Waals surface area contributed by atoms with Crippen LogP contribution in [-0.2, 0) is 0 Å². The third-order valence-corrected chi connectivity index (χ3v) is 5.42. The van der Waals surface area contributed by atoms with Crippen LogP contribution in [0.2, 0.25) is 5.02 Å². The molecule has 10 nitrogen and oxygen atoms in total. The number of nitrogens with one attached hydrogen (secondary N) is 2. The van der Waals surface area contributed by atoms with Gasteiger partial charge in [0.1, 0.15) is 5.69 Å². The maximum Gasteiger partial charge on any atom is 0.274 e. The van der Waals surface area contributed by atoms with Crippen LogP contribution in [0.25, 0.3) is 5.82 Å². The first-order valence-electron chi connectivity index (χ1n) is 8.85. The van der Waals surface area contributed by atoms with Crippen LogP contribution in [0.4, 0.5) is 5.69 Å². The van der Waals surface area contributed by atoms with Crippen molar-refractivity contribution in [3.8, 4) is 11.7 Å². The molecular weight excluding hydrogens is 572 g/mol. The number of benzene rings is 1. The number of pyridine rings is 1. The number of rotatable bonds is 7. The SMILES string of the molecule is COc1cc(C(=O)Nc2c(Br)cc(Br)cc2C(=O)NC/C=N/O)n(-c2ncccc2Cl)n1. The molecule has 0 saturated carbocycles. The van der Waals surface area contributed by atoms with Crippen molar-refractivity contribution in [2.45, 2.75) is 0 Å². The van der Waals surface area contributed by atoms with E-state index >= 15 is 0 Å². The topological polar surface area (TPSA) is 131 Å². The maximum absolute atomic E-state index is 13.2. The predicted molar refractivity (Wildman–Crippen MR) is 125 cm³/mol. The van der Waals surface area contributed by atoms with Crippen LogP contribution >= 0.6 is 43.5 Å². The number of halogens is 3. The molecule has 13 heteroatoms. The number of carbonyl (C=O) groups excluding carboxylic acids is 2. The van der Waals surface area contributed by atoms with E-state index in [9.17, 15) is 9.59 Å². The highest BCUT2D eigenvalue weighted by Gasteiger charge is 2.23. The molecule has 166 valence electrons. The van der Waals surface area contributed by atoms with Crippen molar-refractivity contribution in [2.75, 3.05) is 19.0 Å². The Balaban J connectivity index is 2.00. The van der Waals surface area contributed by atoms with Crippen molar-refractivity contribution in [1.82, 2.24) is 20.1 Å². The van der Waals surface area contributed by atoms with E-state index in [-0.39, 0.29) is 40.2 Å². The molecule has 2 amide bonds. The second-order valence-corrected chi connectivity index (χ2v) is 8.24. The first-order chi connectivity index (χ1) is 15.3. The smallest absolute Gasteiger partial charge is 0.274 e. The van der Waals surface area contributed by atoms with Gasteiger partial charge in [0, 0.05) is 21.2 Å². The average Bonchev–Trinajstić information content (AvgIpc) is 3.20. The monoisotopic (exact) mass is 584 g/mol. The van der Waals surface area contributed by atoms with Crippen LogP contribution in [0, 0.1) is 0 Å². The van der Waals surface area contributed by atoms with E-state index in [0.29, 0.717) is 8.95 Å². The van der Waals surface area contributed by atoms with Crippen LogP contribution in [0.15, 0.2) is 50.6 Å². The predicted octanol–water partition coefficient (Wildman–Crippen LogP) is 3.90. The highest BCUT2D eigenvalue weighted by Crippen LogP contribution is 2.32. The third kappa shape index (κ3) is 5.26. The van der Waals surface area contributed by atoms with E-state index < -0.39 is 11.8 Å². The lowest BCUT2D eigenvalue weighted by Gasteiger charge is -2.14. The Morgan fingerprint density at radius 2 is 2.09 bits per heavy atom. The van der Waals surface area contributed by atoms with Gasteiger partial charge in [0.05, 0.1) is 36.1 Å². The standard InChI is InChI=1S/C19H15Br2ClN6O4/c1-32-15-9-14(28(27-15)17-13(22)3-2-4-23-17)19(30)26-16-11(7-10(20)8-12(16)21)18(29)24-5-6-25-31/h2-4,6-9,31H,5H2,1H3,(H,24,29)(H,26,30)/b25-6+. The molecule has 3 rings (SSSR count). The summed E-state index contributed by atoms with van der Waals surface area (Å²) in [4.78, 5) is 30.0. The van der Waals surface area contributed by atoms with Gasteiger partial charge < -0.3 is 20.6 Å². The fourth-order valence-electron chi connectivity index (χ4n) is 2.65. The fourth-order valence-corrected chi connectivity index (χ4v) is 4.17. The number of nitrogens with zero attached hydrogens (tertiary/aromatic N) is 4. The van der Waals surface area contributed by atoms with E-state index in [2.05, 4.69) is 57.7 Å². The summed E-state index contributed by atoms with van der Waals surface area (Å²) in [7, 11) is 1.41. The van der Waals surface area contributed by atoms with Gasteiger partial charge in [0.25, 0.3) is 11.8 Å². The number of aromatic nitrogens is 3. The summed E-state index contributed by atoms with van der Waals surface area (Å²) >= 11 is 12.9. The minimum Gasteiger partial charge on any atom is -0.480 e. The first-order valence-corrected chi connectivity index (χ1v) is 10.8. The molecule has 3 aromatic rings. The Bertz CT molecular complexity index is 1200. The molecule has 32 heavy (non-hydrogen) atoms. The lowest BCUT2D eigenvalue weighted by atomic mass is 10.1. The van der Waals surface area contributed by atoms with Crippen molar-refractivity contribution in [3.63, 3.8) is 0 Å².